The van der Waals surface area contributed by atoms with Crippen molar-refractivity contribution >= 4 is 0 Å². The molecule has 2 heteroatoms. The van der Waals surface area contributed by atoms with Crippen LogP contribution in [-0.2, 0) is 0 Å². The summed E-state index contributed by atoms with van der Waals surface area (Å²) in [7, 11) is 0. The van der Waals surface area contributed by atoms with E-state index < -0.39 is 0 Å². The molecule has 2 fully saturated rings. The van der Waals surface area contributed by atoms with Gasteiger partial charge in [0, 0.05) is 12.6 Å². The van der Waals surface area contributed by atoms with Crippen molar-refractivity contribution in [1.29, 1.82) is 0 Å². The third kappa shape index (κ3) is 2.71. The number of rotatable bonds is 5. The van der Waals surface area contributed by atoms with Crippen molar-refractivity contribution in [2.45, 2.75) is 45.1 Å². The van der Waals surface area contributed by atoms with Crippen LogP contribution >= 0.6 is 0 Å². The molecule has 0 radical (unpaired) electrons. The van der Waals surface area contributed by atoms with Crippen LogP contribution in [0.3, 0.4) is 0 Å². The Morgan fingerprint density at radius 2 is 2.14 bits per heavy atom. The Labute approximate surface area is 87.8 Å². The Bertz CT molecular complexity index is 166. The molecule has 2 atom stereocenters. The molecule has 1 heterocycles. The van der Waals surface area contributed by atoms with E-state index in [-0.39, 0.29) is 0 Å². The molecular weight excluding hydrogens is 172 g/mol. The van der Waals surface area contributed by atoms with Crippen molar-refractivity contribution in [1.82, 2.24) is 10.6 Å². The minimum atomic E-state index is 0.733. The van der Waals surface area contributed by atoms with Gasteiger partial charge in [-0.05, 0) is 37.8 Å². The minimum Gasteiger partial charge on any atom is -0.315 e. The van der Waals surface area contributed by atoms with Gasteiger partial charge in [-0.1, -0.05) is 26.2 Å². The fraction of sp³-hybridized carbons (Fsp3) is 1.00. The van der Waals surface area contributed by atoms with E-state index in [0.717, 1.165) is 17.9 Å². The first-order valence-electron chi connectivity index (χ1n) is 6.30. The molecule has 0 aromatic rings. The summed E-state index contributed by atoms with van der Waals surface area (Å²) < 4.78 is 0. The smallest absolute Gasteiger partial charge is 0.0218 e. The van der Waals surface area contributed by atoms with Gasteiger partial charge in [-0.15, -0.1) is 0 Å². The molecule has 1 aliphatic carbocycles. The summed E-state index contributed by atoms with van der Waals surface area (Å²) in [6, 6.07) is 0.733. The maximum absolute atomic E-state index is 3.59. The third-order valence-corrected chi connectivity index (χ3v) is 4.01. The zero-order chi connectivity index (χ0) is 9.80. The highest BCUT2D eigenvalue weighted by Crippen LogP contribution is 2.28. The third-order valence-electron chi connectivity index (χ3n) is 4.01. The highest BCUT2D eigenvalue weighted by atomic mass is 15.0. The molecule has 1 saturated carbocycles. The van der Waals surface area contributed by atoms with Crippen LogP contribution in [0.25, 0.3) is 0 Å². The molecule has 1 aliphatic heterocycles. The van der Waals surface area contributed by atoms with Gasteiger partial charge in [-0.25, -0.2) is 0 Å². The average Bonchev–Trinajstić information content (AvgIpc) is 2.48. The van der Waals surface area contributed by atoms with E-state index in [1.54, 1.807) is 0 Å². The first-order valence-corrected chi connectivity index (χ1v) is 6.30. The van der Waals surface area contributed by atoms with Crippen molar-refractivity contribution in [2.75, 3.05) is 19.6 Å². The van der Waals surface area contributed by atoms with Crippen molar-refractivity contribution in [3.63, 3.8) is 0 Å². The monoisotopic (exact) mass is 196 g/mol. The second-order valence-electron chi connectivity index (χ2n) is 5.12. The van der Waals surface area contributed by atoms with Gasteiger partial charge in [0.1, 0.15) is 0 Å². The van der Waals surface area contributed by atoms with Gasteiger partial charge in [-0.2, -0.15) is 0 Å². The van der Waals surface area contributed by atoms with E-state index >= 15 is 0 Å². The maximum atomic E-state index is 3.59. The molecular formula is C12H24N2. The van der Waals surface area contributed by atoms with Crippen LogP contribution in [0.1, 0.15) is 39.0 Å². The molecule has 2 nitrogen and oxygen atoms in total. The van der Waals surface area contributed by atoms with Gasteiger partial charge < -0.3 is 10.6 Å². The molecule has 82 valence electrons. The molecule has 0 aromatic heterocycles. The van der Waals surface area contributed by atoms with Crippen LogP contribution in [0.2, 0.25) is 0 Å². The molecule has 0 aromatic carbocycles. The Morgan fingerprint density at radius 1 is 1.29 bits per heavy atom. The Kier molecular flexibility index (Phi) is 3.82. The molecule has 2 aliphatic rings. The normalized spacial score (nSPS) is 33.2. The van der Waals surface area contributed by atoms with Gasteiger partial charge in [0.15, 0.2) is 0 Å². The Balaban J connectivity index is 1.49. The highest BCUT2D eigenvalue weighted by molar-refractivity contribution is 4.82. The number of nitrogens with one attached hydrogen (secondary N) is 2. The lowest BCUT2D eigenvalue weighted by molar-refractivity contribution is 0.289. The van der Waals surface area contributed by atoms with Crippen LogP contribution in [0, 0.1) is 11.8 Å². The summed E-state index contributed by atoms with van der Waals surface area (Å²) in [5, 5.41) is 7.15. The fourth-order valence-electron chi connectivity index (χ4n) is 2.52. The lowest BCUT2D eigenvalue weighted by Crippen LogP contribution is -2.38. The summed E-state index contributed by atoms with van der Waals surface area (Å²) in [4.78, 5) is 0. The van der Waals surface area contributed by atoms with Gasteiger partial charge in [0.2, 0.25) is 0 Å². The summed E-state index contributed by atoms with van der Waals surface area (Å²) in [5.41, 5.74) is 0. The van der Waals surface area contributed by atoms with E-state index in [1.807, 2.05) is 0 Å². The number of hydrogen-bond acceptors (Lipinski definition) is 2. The van der Waals surface area contributed by atoms with Crippen LogP contribution < -0.4 is 10.6 Å². The molecule has 2 rings (SSSR count). The molecule has 0 spiro atoms. The van der Waals surface area contributed by atoms with Crippen molar-refractivity contribution < 1.29 is 0 Å². The second kappa shape index (κ2) is 5.13. The molecule has 2 N–H and O–H groups in total. The van der Waals surface area contributed by atoms with Crippen LogP contribution in [0.5, 0.6) is 0 Å². The zero-order valence-electron chi connectivity index (χ0n) is 9.39. The summed E-state index contributed by atoms with van der Waals surface area (Å²) in [6.07, 6.45) is 7.21. The summed E-state index contributed by atoms with van der Waals surface area (Å²) >= 11 is 0. The van der Waals surface area contributed by atoms with E-state index in [1.165, 1.54) is 51.7 Å². The topological polar surface area (TPSA) is 24.1 Å². The van der Waals surface area contributed by atoms with E-state index in [2.05, 4.69) is 17.6 Å². The van der Waals surface area contributed by atoms with E-state index in [9.17, 15) is 0 Å². The largest absolute Gasteiger partial charge is 0.315 e. The van der Waals surface area contributed by atoms with Gasteiger partial charge in [0.05, 0.1) is 0 Å². The average molecular weight is 196 g/mol. The lowest BCUT2D eigenvalue weighted by Gasteiger charge is -2.25. The summed E-state index contributed by atoms with van der Waals surface area (Å²) in [6.45, 7) is 5.98. The fourth-order valence-corrected chi connectivity index (χ4v) is 2.52. The van der Waals surface area contributed by atoms with Crippen LogP contribution in [0.15, 0.2) is 0 Å². The highest BCUT2D eigenvalue weighted by Gasteiger charge is 2.22. The van der Waals surface area contributed by atoms with Gasteiger partial charge >= 0.3 is 0 Å². The molecule has 1 saturated heterocycles. The first kappa shape index (κ1) is 10.4. The minimum absolute atomic E-state index is 0.733. The second-order valence-corrected chi connectivity index (χ2v) is 5.12. The van der Waals surface area contributed by atoms with Crippen LogP contribution in [0.4, 0.5) is 0 Å². The van der Waals surface area contributed by atoms with Crippen molar-refractivity contribution in [2.24, 2.45) is 11.8 Å². The quantitative estimate of drug-likeness (QED) is 0.655. The van der Waals surface area contributed by atoms with E-state index in [0.29, 0.717) is 0 Å². The number of hydrogen-bond donors (Lipinski definition) is 2. The first-order chi connectivity index (χ1) is 6.86. The van der Waals surface area contributed by atoms with Crippen molar-refractivity contribution in [3.05, 3.63) is 0 Å². The standard InChI is InChI=1S/C12H24N2/c1-10-5-8-14-12(10)9-13-7-6-11-3-2-4-11/h10-14H,2-9H2,1H3. The predicted molar refractivity (Wildman–Crippen MR) is 60.4 cm³/mol. The van der Waals surface area contributed by atoms with Crippen LogP contribution in [-0.4, -0.2) is 25.7 Å². The zero-order valence-corrected chi connectivity index (χ0v) is 9.39. The lowest BCUT2D eigenvalue weighted by atomic mass is 9.83. The Morgan fingerprint density at radius 3 is 2.71 bits per heavy atom. The molecule has 0 amide bonds. The SMILES string of the molecule is CC1CCNC1CNCCC1CCC1. The van der Waals surface area contributed by atoms with Crippen molar-refractivity contribution in [3.8, 4) is 0 Å². The summed E-state index contributed by atoms with van der Waals surface area (Å²) in [5.74, 6) is 1.92. The van der Waals surface area contributed by atoms with Gasteiger partial charge in [0.25, 0.3) is 0 Å². The van der Waals surface area contributed by atoms with Gasteiger partial charge in [-0.3, -0.25) is 0 Å². The maximum Gasteiger partial charge on any atom is 0.0218 e. The van der Waals surface area contributed by atoms with E-state index in [4.69, 9.17) is 0 Å². The Hall–Kier alpha value is -0.0800. The molecule has 0 bridgehead atoms. The molecule has 2 unspecified atom stereocenters. The predicted octanol–water partition coefficient (Wildman–Crippen LogP) is 1.76. The molecule has 14 heavy (non-hydrogen) atoms.